The summed E-state index contributed by atoms with van der Waals surface area (Å²) in [4.78, 5) is 35.3. The minimum atomic E-state index is -0.547. The number of likely N-dealkylation sites (N-methyl/N-ethyl adjacent to an activating group) is 1. The van der Waals surface area contributed by atoms with Crippen LogP contribution in [0.3, 0.4) is 0 Å². The molecule has 210 valence electrons. The molecule has 1 saturated heterocycles. The number of halogens is 1. The third kappa shape index (κ3) is 6.58. The number of cyclic esters (lactones) is 1. The van der Waals surface area contributed by atoms with Crippen LogP contribution in [-0.2, 0) is 30.4 Å². The van der Waals surface area contributed by atoms with Gasteiger partial charge < -0.3 is 24.4 Å². The van der Waals surface area contributed by atoms with Crippen molar-refractivity contribution in [2.24, 2.45) is 5.16 Å². The second kappa shape index (κ2) is 12.6. The van der Waals surface area contributed by atoms with Crippen LogP contribution < -0.4 is 10.2 Å². The molecule has 13 nitrogen and oxygen atoms in total. The molecule has 2 atom stereocenters. The van der Waals surface area contributed by atoms with Crippen molar-refractivity contribution in [1.82, 2.24) is 25.3 Å². The van der Waals surface area contributed by atoms with Crippen molar-refractivity contribution in [2.75, 3.05) is 44.9 Å². The lowest BCUT2D eigenvalue weighted by Crippen LogP contribution is -2.26. The number of hydrogen-bond donors (Lipinski definition) is 1. The molecule has 0 bridgehead atoms. The van der Waals surface area contributed by atoms with Crippen molar-refractivity contribution in [3.05, 3.63) is 60.4 Å². The van der Waals surface area contributed by atoms with Crippen LogP contribution in [0.4, 0.5) is 14.9 Å². The van der Waals surface area contributed by atoms with Gasteiger partial charge in [0.1, 0.15) is 30.8 Å². The molecule has 3 aromatic rings. The molecule has 40 heavy (non-hydrogen) atoms. The number of nitrogens with zero attached hydrogens (tertiary/aromatic N) is 6. The van der Waals surface area contributed by atoms with Crippen molar-refractivity contribution in [3.63, 3.8) is 0 Å². The Hall–Kier alpha value is -4.43. The molecule has 1 fully saturated rings. The number of anilines is 1. The molecule has 4 heterocycles. The highest BCUT2D eigenvalue weighted by atomic mass is 19.1. The summed E-state index contributed by atoms with van der Waals surface area (Å²) >= 11 is 0. The zero-order chi connectivity index (χ0) is 27.9. The minimum Gasteiger partial charge on any atom is -0.460 e. The van der Waals surface area contributed by atoms with E-state index in [2.05, 4.69) is 25.8 Å². The number of ether oxygens (including phenoxy) is 3. The van der Waals surface area contributed by atoms with Crippen molar-refractivity contribution in [1.29, 1.82) is 0 Å². The first-order valence-electron chi connectivity index (χ1n) is 12.7. The molecule has 14 heteroatoms. The van der Waals surface area contributed by atoms with Crippen LogP contribution in [0.2, 0.25) is 0 Å². The topological polar surface area (TPSA) is 142 Å². The smallest absolute Gasteiger partial charge is 0.414 e. The fraction of sp³-hybridized carbons (Fsp3) is 0.385. The first kappa shape index (κ1) is 27.1. The maximum absolute atomic E-state index is 15.1. The number of benzene rings is 1. The Balaban J connectivity index is 1.14. The number of hydrogen-bond acceptors (Lipinski definition) is 11. The quantitative estimate of drug-likeness (QED) is 0.260. The Bertz CT molecular complexity index is 1350. The van der Waals surface area contributed by atoms with Gasteiger partial charge in [-0.15, -0.1) is 5.10 Å². The molecular formula is C26H28FN7O6. The van der Waals surface area contributed by atoms with Crippen molar-refractivity contribution < 1.29 is 33.0 Å². The predicted molar refractivity (Wildman–Crippen MR) is 139 cm³/mol. The van der Waals surface area contributed by atoms with Crippen LogP contribution in [0, 0.1) is 5.82 Å². The number of nitrogens with one attached hydrogen (secondary N) is 1. The molecule has 0 aliphatic carbocycles. The summed E-state index contributed by atoms with van der Waals surface area (Å²) in [5, 5.41) is 14.6. The van der Waals surface area contributed by atoms with Crippen LogP contribution in [0.5, 0.6) is 0 Å². The van der Waals surface area contributed by atoms with Crippen LogP contribution in [0.15, 0.2) is 54.1 Å². The highest BCUT2D eigenvalue weighted by Gasteiger charge is 2.33. The highest BCUT2D eigenvalue weighted by molar-refractivity contribution is 5.99. The number of carbonyl (C=O) groups is 2. The summed E-state index contributed by atoms with van der Waals surface area (Å²) in [6.45, 7) is 1.59. The van der Waals surface area contributed by atoms with E-state index in [9.17, 15) is 9.59 Å². The first-order chi connectivity index (χ1) is 19.5. The van der Waals surface area contributed by atoms with Crippen molar-refractivity contribution >= 4 is 23.5 Å². The summed E-state index contributed by atoms with van der Waals surface area (Å²) in [6, 6.07) is 8.02. The van der Waals surface area contributed by atoms with Crippen LogP contribution in [-0.4, -0.2) is 89.9 Å². The van der Waals surface area contributed by atoms with Crippen molar-refractivity contribution in [3.8, 4) is 11.1 Å². The summed E-state index contributed by atoms with van der Waals surface area (Å²) in [5.41, 5.74) is 2.46. The monoisotopic (exact) mass is 553 g/mol. The molecule has 1 N–H and O–H groups in total. The van der Waals surface area contributed by atoms with Gasteiger partial charge in [0.2, 0.25) is 0 Å². The van der Waals surface area contributed by atoms with E-state index in [-0.39, 0.29) is 19.8 Å². The molecule has 2 aliphatic rings. The number of pyridine rings is 1. The molecule has 1 aromatic carbocycles. The van der Waals surface area contributed by atoms with E-state index in [1.54, 1.807) is 54.6 Å². The second-order valence-electron chi connectivity index (χ2n) is 9.15. The lowest BCUT2D eigenvalue weighted by Gasteiger charge is -2.14. The minimum absolute atomic E-state index is 0.0443. The molecule has 2 aliphatic heterocycles. The van der Waals surface area contributed by atoms with Gasteiger partial charge in [-0.3, -0.25) is 9.88 Å². The molecule has 0 saturated carbocycles. The SMILES string of the molecule is CNCCOCC(=O)OC[C@@H]1CC(c2ccc(-c3ccc(N4C[C@H](Cn5ccnn5)OC4=O)cc3F)cn2)=NO1. The summed E-state index contributed by atoms with van der Waals surface area (Å²) in [5.74, 6) is -0.977. The van der Waals surface area contributed by atoms with Crippen molar-refractivity contribution in [2.45, 2.75) is 25.2 Å². The number of rotatable bonds is 12. The van der Waals surface area contributed by atoms with Gasteiger partial charge in [0.05, 0.1) is 37.3 Å². The lowest BCUT2D eigenvalue weighted by molar-refractivity contribution is -0.152. The van der Waals surface area contributed by atoms with E-state index in [0.717, 1.165) is 0 Å². The third-order valence-electron chi connectivity index (χ3n) is 6.25. The summed E-state index contributed by atoms with van der Waals surface area (Å²) < 4.78 is 32.4. The highest BCUT2D eigenvalue weighted by Crippen LogP contribution is 2.29. The van der Waals surface area contributed by atoms with Gasteiger partial charge in [0, 0.05) is 36.5 Å². The van der Waals surface area contributed by atoms with E-state index >= 15 is 4.39 Å². The van der Waals surface area contributed by atoms with Gasteiger partial charge in [0.25, 0.3) is 0 Å². The summed E-state index contributed by atoms with van der Waals surface area (Å²) in [7, 11) is 1.79. The zero-order valence-corrected chi connectivity index (χ0v) is 21.7. The fourth-order valence-corrected chi connectivity index (χ4v) is 4.22. The van der Waals surface area contributed by atoms with Crippen LogP contribution in [0.1, 0.15) is 12.1 Å². The maximum Gasteiger partial charge on any atom is 0.414 e. The molecule has 0 radical (unpaired) electrons. The Labute approximate surface area is 228 Å². The standard InChI is InChI=1S/C26H28FN7O6/c1-28-7-9-37-16-25(35)38-15-19-11-24(31-40-19)23-5-2-17(12-29-23)21-4-3-18(10-22(21)27)34-14-20(39-26(34)36)13-33-8-6-30-32-33/h2-6,8,10,12,19-20,28H,7,9,11,13-16H2,1H3/t19-,20-/m0/s1. The van der Waals surface area contributed by atoms with Gasteiger partial charge in [-0.1, -0.05) is 16.4 Å². The Morgan fingerprint density at radius 3 is 2.90 bits per heavy atom. The Kier molecular flexibility index (Phi) is 8.56. The normalized spacial score (nSPS) is 18.4. The van der Waals surface area contributed by atoms with Gasteiger partial charge in [-0.25, -0.2) is 18.7 Å². The van der Waals surface area contributed by atoms with Gasteiger partial charge in [0.15, 0.2) is 6.10 Å². The number of amides is 1. The Morgan fingerprint density at radius 1 is 1.25 bits per heavy atom. The number of carbonyl (C=O) groups excluding carboxylic acids is 2. The molecule has 0 spiro atoms. The molecule has 2 aromatic heterocycles. The third-order valence-corrected chi connectivity index (χ3v) is 6.25. The second-order valence-corrected chi connectivity index (χ2v) is 9.15. The molecule has 1 amide bonds. The maximum atomic E-state index is 15.1. The van der Waals surface area contributed by atoms with E-state index in [1.165, 1.54) is 11.0 Å². The molecule has 5 rings (SSSR count). The average Bonchev–Trinajstić information content (AvgIpc) is 3.72. The lowest BCUT2D eigenvalue weighted by atomic mass is 10.0. The van der Waals surface area contributed by atoms with E-state index in [0.29, 0.717) is 54.3 Å². The van der Waals surface area contributed by atoms with Gasteiger partial charge >= 0.3 is 12.1 Å². The van der Waals surface area contributed by atoms with E-state index < -0.39 is 30.1 Å². The van der Waals surface area contributed by atoms with Crippen LogP contribution >= 0.6 is 0 Å². The van der Waals surface area contributed by atoms with Crippen LogP contribution in [0.25, 0.3) is 11.1 Å². The predicted octanol–water partition coefficient (Wildman–Crippen LogP) is 1.78. The van der Waals surface area contributed by atoms with Gasteiger partial charge in [-0.2, -0.15) is 0 Å². The van der Waals surface area contributed by atoms with Gasteiger partial charge in [-0.05, 0) is 31.3 Å². The molecule has 0 unspecified atom stereocenters. The Morgan fingerprint density at radius 2 is 2.15 bits per heavy atom. The first-order valence-corrected chi connectivity index (χ1v) is 12.7. The number of aromatic nitrogens is 4. The van der Waals surface area contributed by atoms with E-state index in [4.69, 9.17) is 19.0 Å². The largest absolute Gasteiger partial charge is 0.460 e. The molecular weight excluding hydrogens is 525 g/mol. The number of oxime groups is 1. The summed E-state index contributed by atoms with van der Waals surface area (Å²) in [6.07, 6.45) is 3.78. The zero-order valence-electron chi connectivity index (χ0n) is 21.7. The number of esters is 1. The average molecular weight is 554 g/mol. The fourth-order valence-electron chi connectivity index (χ4n) is 4.22. The van der Waals surface area contributed by atoms with E-state index in [1.807, 2.05) is 0 Å².